The number of nitrogens with one attached hydrogen (secondary N) is 1. The second-order valence-corrected chi connectivity index (χ2v) is 12.6. The molecule has 1 heterocycles. The van der Waals surface area contributed by atoms with E-state index in [0.29, 0.717) is 18.7 Å². The Bertz CT molecular complexity index is 1690. The minimum Gasteiger partial charge on any atom is -0.306 e. The van der Waals surface area contributed by atoms with E-state index < -0.39 is 21.9 Å². The summed E-state index contributed by atoms with van der Waals surface area (Å²) >= 11 is 0. The summed E-state index contributed by atoms with van der Waals surface area (Å²) in [6.07, 6.45) is 2.97. The first-order valence-electron chi connectivity index (χ1n) is 14.0. The average Bonchev–Trinajstić information content (AvgIpc) is 3.77. The first-order valence-corrected chi connectivity index (χ1v) is 15.5. The third kappa shape index (κ3) is 5.80. The predicted octanol–water partition coefficient (Wildman–Crippen LogP) is 6.22. The molecule has 0 saturated heterocycles. The summed E-state index contributed by atoms with van der Waals surface area (Å²) < 4.78 is 43.5. The van der Waals surface area contributed by atoms with Gasteiger partial charge in [-0.25, -0.2) is 17.5 Å². The first-order chi connectivity index (χ1) is 19.8. The largest absolute Gasteiger partial charge is 0.306 e. The van der Waals surface area contributed by atoms with E-state index in [1.54, 1.807) is 4.90 Å². The lowest BCUT2D eigenvalue weighted by atomic mass is 9.87. The van der Waals surface area contributed by atoms with E-state index in [-0.39, 0.29) is 22.6 Å². The molecule has 0 radical (unpaired) electrons. The smallest absolute Gasteiger partial charge is 0.244 e. The molecule has 3 aromatic carbocycles. The molecule has 4 aromatic rings. The van der Waals surface area contributed by atoms with Crippen LogP contribution in [0.1, 0.15) is 59.3 Å². The molecule has 0 spiro atoms. The molecule has 2 aliphatic carbocycles. The average molecular weight is 570 g/mol. The molecule has 210 valence electrons. The van der Waals surface area contributed by atoms with Crippen LogP contribution in [0.25, 0.3) is 0 Å². The molecule has 6 rings (SSSR count). The molecule has 0 unspecified atom stereocenters. The van der Waals surface area contributed by atoms with Crippen LogP contribution in [0.3, 0.4) is 0 Å². The van der Waals surface area contributed by atoms with E-state index in [1.165, 1.54) is 18.2 Å². The van der Waals surface area contributed by atoms with Crippen molar-refractivity contribution in [3.05, 3.63) is 125 Å². The minimum atomic E-state index is -4.09. The van der Waals surface area contributed by atoms with Gasteiger partial charge in [-0.1, -0.05) is 54.6 Å². The van der Waals surface area contributed by atoms with Crippen molar-refractivity contribution in [2.24, 2.45) is 5.92 Å². The Kier molecular flexibility index (Phi) is 7.45. The first kappa shape index (κ1) is 27.3. The van der Waals surface area contributed by atoms with E-state index in [9.17, 15) is 17.6 Å². The second kappa shape index (κ2) is 11.2. The highest BCUT2D eigenvalue weighted by Crippen LogP contribution is 2.49. The number of carbonyl (C=O) groups excluding carboxylic acids is 1. The number of fused-ring (bicyclic) bond motifs is 1. The zero-order chi connectivity index (χ0) is 28.6. The molecule has 41 heavy (non-hydrogen) atoms. The molecular weight excluding hydrogens is 537 g/mol. The molecule has 2 aliphatic rings. The summed E-state index contributed by atoms with van der Waals surface area (Å²) in [5, 5.41) is 0. The van der Waals surface area contributed by atoms with Gasteiger partial charge in [0.05, 0.1) is 12.2 Å². The van der Waals surface area contributed by atoms with E-state index in [2.05, 4.69) is 21.8 Å². The number of aryl methyl sites for hydroxylation is 2. The van der Waals surface area contributed by atoms with Crippen LogP contribution in [0.4, 0.5) is 10.1 Å². The molecule has 0 aliphatic heterocycles. The number of halogens is 1. The van der Waals surface area contributed by atoms with Crippen LogP contribution in [0.15, 0.2) is 95.9 Å². The third-order valence-electron chi connectivity index (χ3n) is 8.05. The summed E-state index contributed by atoms with van der Waals surface area (Å²) in [6.45, 7) is 2.23. The minimum absolute atomic E-state index is 0.0291. The number of hydrogen-bond acceptors (Lipinski definition) is 4. The van der Waals surface area contributed by atoms with Crippen molar-refractivity contribution in [2.45, 2.75) is 56.0 Å². The number of sulfonamides is 1. The van der Waals surface area contributed by atoms with Gasteiger partial charge in [-0.05, 0) is 91.6 Å². The van der Waals surface area contributed by atoms with Crippen LogP contribution in [0, 0.1) is 18.7 Å². The van der Waals surface area contributed by atoms with Gasteiger partial charge < -0.3 is 4.90 Å². The maximum Gasteiger partial charge on any atom is 0.244 e. The number of nitrogens with zero attached hydrogens (tertiary/aromatic N) is 2. The zero-order valence-corrected chi connectivity index (χ0v) is 23.6. The number of amides is 1. The standard InChI is InChI=1S/C33H32FN3O3S/c1-22-9-7-13-25(35-22)21-37(33(38)29-20-27(29)23-10-3-2-4-11-23)26-18-17-24-12-8-15-31(28(24)19-26)36-41(39,40)32-16-6-5-14-30(32)34/h2-7,9-11,13-14,16-19,27,29,31,36H,8,12,15,20-21H2,1H3/t27-,29-,31-/m1/s1. The lowest BCUT2D eigenvalue weighted by Crippen LogP contribution is -2.34. The number of aromatic nitrogens is 1. The molecule has 1 aromatic heterocycles. The maximum atomic E-state index is 14.4. The Morgan fingerprint density at radius 2 is 1.78 bits per heavy atom. The van der Waals surface area contributed by atoms with Crippen LogP contribution in [0.2, 0.25) is 0 Å². The van der Waals surface area contributed by atoms with Gasteiger partial charge in [0.2, 0.25) is 15.9 Å². The molecule has 1 amide bonds. The van der Waals surface area contributed by atoms with Gasteiger partial charge in [0, 0.05) is 23.3 Å². The summed E-state index contributed by atoms with van der Waals surface area (Å²) in [5.41, 5.74) is 5.36. The molecule has 8 heteroatoms. The van der Waals surface area contributed by atoms with Gasteiger partial charge in [-0.15, -0.1) is 0 Å². The molecule has 1 saturated carbocycles. The maximum absolute atomic E-state index is 14.4. The van der Waals surface area contributed by atoms with Crippen molar-refractivity contribution in [1.29, 1.82) is 0 Å². The van der Waals surface area contributed by atoms with E-state index >= 15 is 0 Å². The lowest BCUT2D eigenvalue weighted by molar-refractivity contribution is -0.120. The Morgan fingerprint density at radius 3 is 2.56 bits per heavy atom. The normalized spacial score (nSPS) is 19.8. The van der Waals surface area contributed by atoms with Gasteiger partial charge >= 0.3 is 0 Å². The topological polar surface area (TPSA) is 79.4 Å². The van der Waals surface area contributed by atoms with Crippen molar-refractivity contribution in [3.8, 4) is 0 Å². The summed E-state index contributed by atoms with van der Waals surface area (Å²) in [5.74, 6) is -0.714. The SMILES string of the molecule is Cc1cccc(CN(C(=O)[C@@H]2C[C@@H]2c2ccccc2)c2ccc3c(c2)[C@H](NS(=O)(=O)c2ccccc2F)CCC3)n1. The van der Waals surface area contributed by atoms with E-state index in [0.717, 1.165) is 53.4 Å². The molecule has 1 N–H and O–H groups in total. The highest BCUT2D eigenvalue weighted by atomic mass is 32.2. The summed E-state index contributed by atoms with van der Waals surface area (Å²) in [7, 11) is -4.09. The van der Waals surface area contributed by atoms with Crippen molar-refractivity contribution >= 4 is 21.6 Å². The molecule has 0 bridgehead atoms. The van der Waals surface area contributed by atoms with Crippen LogP contribution < -0.4 is 9.62 Å². The van der Waals surface area contributed by atoms with Crippen molar-refractivity contribution in [3.63, 3.8) is 0 Å². The number of anilines is 1. The van der Waals surface area contributed by atoms with Gasteiger partial charge in [-0.3, -0.25) is 9.78 Å². The number of pyridine rings is 1. The van der Waals surface area contributed by atoms with Crippen LogP contribution in [-0.4, -0.2) is 19.3 Å². The highest BCUT2D eigenvalue weighted by molar-refractivity contribution is 7.89. The summed E-state index contributed by atoms with van der Waals surface area (Å²) in [6, 6.07) is 26.6. The van der Waals surface area contributed by atoms with Crippen LogP contribution in [0.5, 0.6) is 0 Å². The number of benzene rings is 3. The van der Waals surface area contributed by atoms with Gasteiger partial charge in [-0.2, -0.15) is 0 Å². The molecular formula is C33H32FN3O3S. The Balaban J connectivity index is 1.33. The van der Waals surface area contributed by atoms with Crippen molar-refractivity contribution in [1.82, 2.24) is 9.71 Å². The van der Waals surface area contributed by atoms with Crippen LogP contribution >= 0.6 is 0 Å². The molecule has 1 fully saturated rings. The Hall–Kier alpha value is -3.88. The molecule has 6 nitrogen and oxygen atoms in total. The van der Waals surface area contributed by atoms with E-state index in [1.807, 2.05) is 61.5 Å². The second-order valence-electron chi connectivity index (χ2n) is 10.9. The fourth-order valence-electron chi connectivity index (χ4n) is 5.87. The highest BCUT2D eigenvalue weighted by Gasteiger charge is 2.46. The predicted molar refractivity (Wildman–Crippen MR) is 156 cm³/mol. The summed E-state index contributed by atoms with van der Waals surface area (Å²) in [4.78, 5) is 20.1. The van der Waals surface area contributed by atoms with Crippen LogP contribution in [-0.2, 0) is 27.8 Å². The monoisotopic (exact) mass is 569 g/mol. The number of carbonyl (C=O) groups is 1. The van der Waals surface area contributed by atoms with Gasteiger partial charge in [0.15, 0.2) is 0 Å². The number of rotatable bonds is 8. The van der Waals surface area contributed by atoms with Crippen molar-refractivity contribution < 1.29 is 17.6 Å². The quantitative estimate of drug-likeness (QED) is 0.273. The van der Waals surface area contributed by atoms with E-state index in [4.69, 9.17) is 0 Å². The molecule has 3 atom stereocenters. The van der Waals surface area contributed by atoms with Gasteiger partial charge in [0.1, 0.15) is 10.7 Å². The Labute approximate surface area is 240 Å². The lowest BCUT2D eigenvalue weighted by Gasteiger charge is -2.29. The zero-order valence-electron chi connectivity index (χ0n) is 22.8. The fraction of sp³-hybridized carbons (Fsp3) is 0.273. The Morgan fingerprint density at radius 1 is 1.00 bits per heavy atom. The van der Waals surface area contributed by atoms with Gasteiger partial charge in [0.25, 0.3) is 0 Å². The fourth-order valence-corrected chi connectivity index (χ4v) is 7.20. The number of hydrogen-bond donors (Lipinski definition) is 1. The third-order valence-corrected chi connectivity index (χ3v) is 9.55. The van der Waals surface area contributed by atoms with Crippen molar-refractivity contribution in [2.75, 3.05) is 4.90 Å².